The molecule has 96 valence electrons. The number of rotatable bonds is 6. The maximum atomic E-state index is 11.7. The highest BCUT2D eigenvalue weighted by Gasteiger charge is 2.28. The summed E-state index contributed by atoms with van der Waals surface area (Å²) in [5.74, 6) is -0.673. The van der Waals surface area contributed by atoms with Crippen LogP contribution in [0.15, 0.2) is 0 Å². The average Bonchev–Trinajstić information content (AvgIpc) is 2.11. The van der Waals surface area contributed by atoms with Gasteiger partial charge in [0.05, 0.1) is 12.6 Å². The molecular weight excluding hydrogens is 227 g/mol. The molecule has 0 aromatic rings. The molecule has 0 aliphatic carbocycles. The zero-order valence-electron chi connectivity index (χ0n) is 9.17. The van der Waals surface area contributed by atoms with Crippen molar-refractivity contribution in [1.82, 2.24) is 5.32 Å². The van der Waals surface area contributed by atoms with E-state index in [1.54, 1.807) is 13.8 Å². The number of aliphatic hydroxyl groups excluding tert-OH is 1. The Labute approximate surface area is 91.8 Å². The van der Waals surface area contributed by atoms with E-state index in [-0.39, 0.29) is 12.5 Å². The summed E-state index contributed by atoms with van der Waals surface area (Å²) in [6.45, 7) is 1.17. The van der Waals surface area contributed by atoms with E-state index in [9.17, 15) is 18.0 Å². The largest absolute Gasteiger partial charge is 0.411 e. The normalized spacial score (nSPS) is 13.9. The van der Waals surface area contributed by atoms with E-state index in [1.165, 1.54) is 0 Å². The molecule has 0 heterocycles. The summed E-state index contributed by atoms with van der Waals surface area (Å²) in [4.78, 5) is 11.1. The lowest BCUT2D eigenvalue weighted by molar-refractivity contribution is -0.175. The molecule has 0 saturated carbocycles. The summed E-state index contributed by atoms with van der Waals surface area (Å²) >= 11 is 0. The Morgan fingerprint density at radius 3 is 2.38 bits per heavy atom. The Hall–Kier alpha value is -0.820. The second-order valence-corrected chi connectivity index (χ2v) is 3.71. The number of aliphatic hydroxyl groups is 1. The fourth-order valence-electron chi connectivity index (χ4n) is 0.931. The lowest BCUT2D eigenvalue weighted by Crippen LogP contribution is -2.43. The minimum absolute atomic E-state index is 0.00318. The molecule has 0 rings (SSSR count). The third-order valence-electron chi connectivity index (χ3n) is 1.85. The topological polar surface area (TPSA) is 58.6 Å². The number of hydrogen-bond acceptors (Lipinski definition) is 3. The average molecular weight is 243 g/mol. The summed E-state index contributed by atoms with van der Waals surface area (Å²) in [5.41, 5.74) is 0. The van der Waals surface area contributed by atoms with E-state index in [0.717, 1.165) is 0 Å². The van der Waals surface area contributed by atoms with Crippen molar-refractivity contribution in [2.45, 2.75) is 26.1 Å². The van der Waals surface area contributed by atoms with Crippen molar-refractivity contribution in [3.63, 3.8) is 0 Å². The van der Waals surface area contributed by atoms with Gasteiger partial charge in [-0.2, -0.15) is 13.2 Å². The van der Waals surface area contributed by atoms with Gasteiger partial charge in [-0.15, -0.1) is 0 Å². The number of amides is 1. The number of carbonyl (C=O) groups excluding carboxylic acids is 1. The third-order valence-corrected chi connectivity index (χ3v) is 1.85. The van der Waals surface area contributed by atoms with Crippen LogP contribution in [0.25, 0.3) is 0 Å². The van der Waals surface area contributed by atoms with Crippen LogP contribution in [0.4, 0.5) is 13.2 Å². The Balaban J connectivity index is 3.82. The first-order valence-electron chi connectivity index (χ1n) is 4.81. The van der Waals surface area contributed by atoms with E-state index in [2.05, 4.69) is 10.1 Å². The summed E-state index contributed by atoms with van der Waals surface area (Å²) in [6, 6.07) is -0.470. The van der Waals surface area contributed by atoms with Crippen molar-refractivity contribution in [3.8, 4) is 0 Å². The number of alkyl halides is 3. The first-order valence-corrected chi connectivity index (χ1v) is 4.81. The van der Waals surface area contributed by atoms with Crippen LogP contribution in [0.5, 0.6) is 0 Å². The molecule has 0 aromatic carbocycles. The van der Waals surface area contributed by atoms with Crippen molar-refractivity contribution >= 4 is 5.91 Å². The summed E-state index contributed by atoms with van der Waals surface area (Å²) in [6.07, 6.45) is -4.44. The van der Waals surface area contributed by atoms with Crippen LogP contribution in [-0.2, 0) is 9.53 Å². The number of ether oxygens (including phenoxy) is 1. The minimum Gasteiger partial charge on any atom is -0.394 e. The highest BCUT2D eigenvalue weighted by Crippen LogP contribution is 2.14. The monoisotopic (exact) mass is 243 g/mol. The molecule has 1 amide bonds. The van der Waals surface area contributed by atoms with E-state index in [0.29, 0.717) is 0 Å². The number of halogens is 3. The van der Waals surface area contributed by atoms with Crippen molar-refractivity contribution in [2.75, 3.05) is 19.8 Å². The van der Waals surface area contributed by atoms with Gasteiger partial charge in [0.2, 0.25) is 5.91 Å². The van der Waals surface area contributed by atoms with Gasteiger partial charge in [0, 0.05) is 0 Å². The second kappa shape index (κ2) is 6.70. The summed E-state index contributed by atoms with van der Waals surface area (Å²) in [7, 11) is 0. The van der Waals surface area contributed by atoms with Crippen LogP contribution in [-0.4, -0.2) is 43.1 Å². The van der Waals surface area contributed by atoms with Gasteiger partial charge < -0.3 is 15.2 Å². The number of nitrogens with one attached hydrogen (secondary N) is 1. The van der Waals surface area contributed by atoms with E-state index in [1.807, 2.05) is 0 Å². The van der Waals surface area contributed by atoms with E-state index >= 15 is 0 Å². The van der Waals surface area contributed by atoms with Gasteiger partial charge in [0.25, 0.3) is 0 Å². The molecule has 0 aromatic heterocycles. The van der Waals surface area contributed by atoms with E-state index in [4.69, 9.17) is 5.11 Å². The quantitative estimate of drug-likeness (QED) is 0.722. The van der Waals surface area contributed by atoms with Gasteiger partial charge in [0.1, 0.15) is 13.2 Å². The van der Waals surface area contributed by atoms with Gasteiger partial charge >= 0.3 is 6.18 Å². The zero-order chi connectivity index (χ0) is 12.8. The van der Waals surface area contributed by atoms with Crippen molar-refractivity contribution in [2.24, 2.45) is 5.92 Å². The molecule has 0 radical (unpaired) electrons. The van der Waals surface area contributed by atoms with Gasteiger partial charge in [0.15, 0.2) is 0 Å². The Bertz CT molecular complexity index is 219. The predicted molar refractivity (Wildman–Crippen MR) is 50.7 cm³/mol. The Kier molecular flexibility index (Phi) is 6.35. The molecule has 0 spiro atoms. The van der Waals surface area contributed by atoms with Crippen molar-refractivity contribution in [1.29, 1.82) is 0 Å². The van der Waals surface area contributed by atoms with Gasteiger partial charge in [-0.3, -0.25) is 4.79 Å². The summed E-state index contributed by atoms with van der Waals surface area (Å²) < 4.78 is 39.2. The first kappa shape index (κ1) is 15.2. The van der Waals surface area contributed by atoms with Crippen LogP contribution >= 0.6 is 0 Å². The molecule has 0 bridgehead atoms. The molecule has 1 atom stereocenters. The molecule has 0 aliphatic heterocycles. The first-order chi connectivity index (χ1) is 7.26. The molecule has 0 aliphatic rings. The predicted octanol–water partition coefficient (Wildman–Crippen LogP) is 0.698. The fraction of sp³-hybridized carbons (Fsp3) is 0.889. The number of carbonyl (C=O) groups is 1. The molecule has 2 N–H and O–H groups in total. The van der Waals surface area contributed by atoms with Crippen LogP contribution in [0.2, 0.25) is 0 Å². The lowest BCUT2D eigenvalue weighted by atomic mass is 10.1. The third kappa shape index (κ3) is 7.47. The number of hydrogen-bond donors (Lipinski definition) is 2. The van der Waals surface area contributed by atoms with Crippen molar-refractivity contribution in [3.05, 3.63) is 0 Å². The molecule has 0 saturated heterocycles. The SMILES string of the molecule is CC(C)[C@@H](CO)NC(=O)COCC(F)(F)F. The molecule has 4 nitrogen and oxygen atoms in total. The van der Waals surface area contributed by atoms with Gasteiger partial charge in [-0.05, 0) is 5.92 Å². The molecule has 7 heteroatoms. The summed E-state index contributed by atoms with van der Waals surface area (Å²) in [5, 5.41) is 11.2. The standard InChI is InChI=1S/C9H16F3NO3/c1-6(2)7(3-14)13-8(15)4-16-5-9(10,11)12/h6-7,14H,3-5H2,1-2H3,(H,13,15)/t7-/m1/s1. The smallest absolute Gasteiger partial charge is 0.394 e. The molecule has 0 fully saturated rings. The zero-order valence-corrected chi connectivity index (χ0v) is 9.17. The fourth-order valence-corrected chi connectivity index (χ4v) is 0.931. The van der Waals surface area contributed by atoms with Crippen molar-refractivity contribution < 1.29 is 27.8 Å². The molecule has 0 unspecified atom stereocenters. The Morgan fingerprint density at radius 2 is 2.00 bits per heavy atom. The van der Waals surface area contributed by atoms with Crippen LogP contribution in [0.3, 0.4) is 0 Å². The molecule has 16 heavy (non-hydrogen) atoms. The van der Waals surface area contributed by atoms with Gasteiger partial charge in [-0.25, -0.2) is 0 Å². The Morgan fingerprint density at radius 1 is 1.44 bits per heavy atom. The van der Waals surface area contributed by atoms with E-state index < -0.39 is 31.3 Å². The maximum absolute atomic E-state index is 11.7. The minimum atomic E-state index is -4.44. The maximum Gasteiger partial charge on any atom is 0.411 e. The lowest BCUT2D eigenvalue weighted by Gasteiger charge is -2.19. The van der Waals surface area contributed by atoms with Crippen LogP contribution < -0.4 is 5.32 Å². The highest BCUT2D eigenvalue weighted by molar-refractivity contribution is 5.77. The van der Waals surface area contributed by atoms with Crippen LogP contribution in [0.1, 0.15) is 13.8 Å². The second-order valence-electron chi connectivity index (χ2n) is 3.71. The van der Waals surface area contributed by atoms with Crippen LogP contribution in [0, 0.1) is 5.92 Å². The van der Waals surface area contributed by atoms with Gasteiger partial charge in [-0.1, -0.05) is 13.8 Å². The molecular formula is C9H16F3NO3. The highest BCUT2D eigenvalue weighted by atomic mass is 19.4.